The van der Waals surface area contributed by atoms with Crippen LogP contribution in [0.15, 0.2) is 29.2 Å². The normalized spacial score (nSPS) is 11.5. The molecule has 0 saturated heterocycles. The lowest BCUT2D eigenvalue weighted by molar-refractivity contribution is 0.149. The molecule has 0 bridgehead atoms. The summed E-state index contributed by atoms with van der Waals surface area (Å²) in [7, 11) is -3.12. The van der Waals surface area contributed by atoms with Crippen LogP contribution >= 0.6 is 11.6 Å². The number of benzene rings is 1. The Kier molecular flexibility index (Phi) is 7.95. The molecule has 114 valence electrons. The van der Waals surface area contributed by atoms with Crippen LogP contribution in [0.5, 0.6) is 0 Å². The first-order valence-corrected chi connectivity index (χ1v) is 8.99. The van der Waals surface area contributed by atoms with Gasteiger partial charge in [0.15, 0.2) is 9.84 Å². The van der Waals surface area contributed by atoms with Gasteiger partial charge >= 0.3 is 0 Å². The van der Waals surface area contributed by atoms with Crippen molar-refractivity contribution in [2.24, 2.45) is 0 Å². The van der Waals surface area contributed by atoms with Crippen molar-refractivity contribution in [2.45, 2.75) is 24.7 Å². The second kappa shape index (κ2) is 9.21. The van der Waals surface area contributed by atoms with E-state index in [4.69, 9.17) is 16.3 Å². The van der Waals surface area contributed by atoms with Gasteiger partial charge in [0, 0.05) is 24.7 Å². The molecule has 1 aromatic rings. The van der Waals surface area contributed by atoms with Gasteiger partial charge in [0.05, 0.1) is 17.3 Å². The van der Waals surface area contributed by atoms with E-state index in [0.29, 0.717) is 30.4 Å². The first-order chi connectivity index (χ1) is 9.60. The Labute approximate surface area is 126 Å². The minimum Gasteiger partial charge on any atom is -0.385 e. The highest BCUT2D eigenvalue weighted by atomic mass is 35.5. The molecule has 1 N–H and O–H groups in total. The topological polar surface area (TPSA) is 55.4 Å². The number of ether oxygens (including phenoxy) is 1. The molecule has 1 aromatic carbocycles. The fourth-order valence-electron chi connectivity index (χ4n) is 1.73. The Morgan fingerprint density at radius 1 is 1.20 bits per heavy atom. The third kappa shape index (κ3) is 6.11. The molecule has 0 unspecified atom stereocenters. The second-order valence-electron chi connectivity index (χ2n) is 4.42. The summed E-state index contributed by atoms with van der Waals surface area (Å²) in [5.74, 6) is 0.707. The monoisotopic (exact) mass is 319 g/mol. The van der Waals surface area contributed by atoms with E-state index in [9.17, 15) is 8.42 Å². The van der Waals surface area contributed by atoms with Crippen LogP contribution in [0.3, 0.4) is 0 Å². The van der Waals surface area contributed by atoms with Crippen molar-refractivity contribution in [3.63, 3.8) is 0 Å². The van der Waals surface area contributed by atoms with Gasteiger partial charge in [-0.2, -0.15) is 0 Å². The number of rotatable bonds is 10. The highest BCUT2D eigenvalue weighted by molar-refractivity contribution is 7.91. The molecule has 0 saturated carbocycles. The van der Waals surface area contributed by atoms with Crippen LogP contribution in [-0.4, -0.2) is 39.8 Å². The van der Waals surface area contributed by atoms with Gasteiger partial charge < -0.3 is 10.1 Å². The number of anilines is 1. The average Bonchev–Trinajstić information content (AvgIpc) is 2.43. The summed E-state index contributed by atoms with van der Waals surface area (Å²) >= 11 is 5.49. The Hall–Kier alpha value is -0.780. The third-order valence-corrected chi connectivity index (χ3v) is 4.79. The molecule has 0 radical (unpaired) electrons. The molecular weight excluding hydrogens is 298 g/mol. The molecule has 1 rings (SSSR count). The van der Waals surface area contributed by atoms with E-state index in [1.54, 1.807) is 24.3 Å². The molecule has 4 nitrogen and oxygen atoms in total. The van der Waals surface area contributed by atoms with Crippen LogP contribution in [0, 0.1) is 0 Å². The summed E-state index contributed by atoms with van der Waals surface area (Å²) in [5, 5.41) is 3.22. The maximum atomic E-state index is 11.9. The van der Waals surface area contributed by atoms with E-state index >= 15 is 0 Å². The molecule has 0 heterocycles. The molecule has 0 amide bonds. The van der Waals surface area contributed by atoms with Crippen LogP contribution in [0.1, 0.15) is 19.8 Å². The SMILES string of the molecule is CCCS(=O)(=O)c1ccc(NCCCOCCCl)cc1. The molecule has 0 aliphatic carbocycles. The molecule has 0 atom stereocenters. The molecule has 0 fully saturated rings. The zero-order chi connectivity index (χ0) is 14.8. The maximum absolute atomic E-state index is 11.9. The van der Waals surface area contributed by atoms with Crippen molar-refractivity contribution < 1.29 is 13.2 Å². The summed E-state index contributed by atoms with van der Waals surface area (Å²) < 4.78 is 29.0. The summed E-state index contributed by atoms with van der Waals surface area (Å²) in [4.78, 5) is 0.385. The van der Waals surface area contributed by atoms with Crippen molar-refractivity contribution in [2.75, 3.05) is 36.7 Å². The van der Waals surface area contributed by atoms with Gasteiger partial charge in [-0.1, -0.05) is 6.92 Å². The number of halogens is 1. The Bertz CT molecular complexity index is 474. The van der Waals surface area contributed by atoms with E-state index in [-0.39, 0.29) is 5.75 Å². The minimum atomic E-state index is -3.12. The average molecular weight is 320 g/mol. The molecule has 0 aliphatic rings. The fraction of sp³-hybridized carbons (Fsp3) is 0.571. The molecule has 20 heavy (non-hydrogen) atoms. The standard InChI is InChI=1S/C14H22ClNO3S/c1-2-12-20(17,18)14-6-4-13(5-7-14)16-9-3-10-19-11-8-15/h4-7,16H,2-3,8-12H2,1H3. The Morgan fingerprint density at radius 3 is 2.50 bits per heavy atom. The first-order valence-electron chi connectivity index (χ1n) is 6.80. The predicted octanol–water partition coefficient (Wildman–Crippen LogP) is 2.93. The van der Waals surface area contributed by atoms with Gasteiger partial charge in [0.1, 0.15) is 0 Å². The fourth-order valence-corrected chi connectivity index (χ4v) is 3.16. The van der Waals surface area contributed by atoms with Crippen LogP contribution in [0.2, 0.25) is 0 Å². The largest absolute Gasteiger partial charge is 0.385 e. The molecule has 0 aromatic heterocycles. The van der Waals surface area contributed by atoms with Gasteiger partial charge in [0.2, 0.25) is 0 Å². The summed E-state index contributed by atoms with van der Waals surface area (Å²) in [6.07, 6.45) is 1.51. The first kappa shape index (κ1) is 17.3. The van der Waals surface area contributed by atoms with E-state index < -0.39 is 9.84 Å². The Morgan fingerprint density at radius 2 is 1.90 bits per heavy atom. The van der Waals surface area contributed by atoms with Crippen molar-refractivity contribution in [3.05, 3.63) is 24.3 Å². The molecule has 0 spiro atoms. The van der Waals surface area contributed by atoms with Gasteiger partial charge in [-0.05, 0) is 37.1 Å². The second-order valence-corrected chi connectivity index (χ2v) is 6.91. The number of alkyl halides is 1. The number of hydrogen-bond acceptors (Lipinski definition) is 4. The molecular formula is C14H22ClNO3S. The van der Waals surface area contributed by atoms with Crippen LogP contribution < -0.4 is 5.32 Å². The van der Waals surface area contributed by atoms with Crippen molar-refractivity contribution in [3.8, 4) is 0 Å². The number of hydrogen-bond donors (Lipinski definition) is 1. The van der Waals surface area contributed by atoms with Gasteiger partial charge in [0.25, 0.3) is 0 Å². The number of sulfone groups is 1. The van der Waals surface area contributed by atoms with Gasteiger partial charge in [-0.25, -0.2) is 8.42 Å². The Balaban J connectivity index is 2.39. The zero-order valence-electron chi connectivity index (χ0n) is 11.8. The number of nitrogens with one attached hydrogen (secondary N) is 1. The van der Waals surface area contributed by atoms with Crippen LogP contribution in [-0.2, 0) is 14.6 Å². The highest BCUT2D eigenvalue weighted by Gasteiger charge is 2.12. The van der Waals surface area contributed by atoms with Crippen molar-refractivity contribution >= 4 is 27.1 Å². The van der Waals surface area contributed by atoms with Crippen molar-refractivity contribution in [1.82, 2.24) is 0 Å². The summed E-state index contributed by atoms with van der Waals surface area (Å²) in [6, 6.07) is 6.89. The third-order valence-electron chi connectivity index (χ3n) is 2.70. The van der Waals surface area contributed by atoms with Crippen LogP contribution in [0.25, 0.3) is 0 Å². The van der Waals surface area contributed by atoms with E-state index in [0.717, 1.165) is 18.7 Å². The van der Waals surface area contributed by atoms with E-state index in [2.05, 4.69) is 5.32 Å². The van der Waals surface area contributed by atoms with Gasteiger partial charge in [-0.15, -0.1) is 11.6 Å². The summed E-state index contributed by atoms with van der Waals surface area (Å²) in [6.45, 7) is 3.89. The molecule has 6 heteroatoms. The van der Waals surface area contributed by atoms with E-state index in [1.165, 1.54) is 0 Å². The highest BCUT2D eigenvalue weighted by Crippen LogP contribution is 2.16. The summed E-state index contributed by atoms with van der Waals surface area (Å²) in [5.41, 5.74) is 0.915. The minimum absolute atomic E-state index is 0.192. The smallest absolute Gasteiger partial charge is 0.178 e. The van der Waals surface area contributed by atoms with Crippen molar-refractivity contribution in [1.29, 1.82) is 0 Å². The van der Waals surface area contributed by atoms with E-state index in [1.807, 2.05) is 6.92 Å². The van der Waals surface area contributed by atoms with Gasteiger partial charge in [-0.3, -0.25) is 0 Å². The predicted molar refractivity (Wildman–Crippen MR) is 83.4 cm³/mol. The lowest BCUT2D eigenvalue weighted by Crippen LogP contribution is -2.08. The lowest BCUT2D eigenvalue weighted by Gasteiger charge is -2.08. The molecule has 0 aliphatic heterocycles. The lowest BCUT2D eigenvalue weighted by atomic mass is 10.3. The van der Waals surface area contributed by atoms with Crippen LogP contribution in [0.4, 0.5) is 5.69 Å². The maximum Gasteiger partial charge on any atom is 0.178 e. The quantitative estimate of drug-likeness (QED) is 0.532. The zero-order valence-corrected chi connectivity index (χ0v) is 13.3.